The highest BCUT2D eigenvalue weighted by Gasteiger charge is 2.40. The number of amides is 3. The lowest BCUT2D eigenvalue weighted by atomic mass is 9.88. The van der Waals surface area contributed by atoms with E-state index in [1.54, 1.807) is 6.07 Å². The van der Waals surface area contributed by atoms with Gasteiger partial charge in [0.05, 0.1) is 11.3 Å². The standard InChI is InChI=1S/C26H25F4N3O5S/c27-21-12-20-17(13-33(25(20)36)22-5-6-23(34)31-24(22)35)11-19(21)16-7-9-32(10-8-16)39(37,38)14-15-1-3-18(4-2-15)26(28,29)30/h1-4,11-12,16,22H,5-10,13-14H2,(H,31,34,35). The Morgan fingerprint density at radius 3 is 2.26 bits per heavy atom. The van der Waals surface area contributed by atoms with Gasteiger partial charge in [-0.15, -0.1) is 0 Å². The van der Waals surface area contributed by atoms with E-state index in [1.807, 2.05) is 0 Å². The number of nitrogens with zero attached hydrogens (tertiary/aromatic N) is 2. The van der Waals surface area contributed by atoms with Crippen LogP contribution in [0.25, 0.3) is 0 Å². The molecule has 3 aliphatic rings. The minimum atomic E-state index is -4.51. The van der Waals surface area contributed by atoms with E-state index in [0.717, 1.165) is 30.3 Å². The zero-order chi connectivity index (χ0) is 28.1. The molecule has 2 aromatic carbocycles. The van der Waals surface area contributed by atoms with Gasteiger partial charge in [-0.05, 0) is 60.1 Å². The minimum Gasteiger partial charge on any atom is -0.322 e. The van der Waals surface area contributed by atoms with Crippen LogP contribution < -0.4 is 5.32 Å². The molecule has 3 heterocycles. The Morgan fingerprint density at radius 1 is 0.974 bits per heavy atom. The largest absolute Gasteiger partial charge is 0.416 e. The highest BCUT2D eigenvalue weighted by molar-refractivity contribution is 7.88. The summed E-state index contributed by atoms with van der Waals surface area (Å²) in [5.41, 5.74) is 0.477. The molecular weight excluding hydrogens is 542 g/mol. The van der Waals surface area contributed by atoms with Gasteiger partial charge in [0, 0.05) is 31.6 Å². The van der Waals surface area contributed by atoms with Crippen molar-refractivity contribution in [1.29, 1.82) is 0 Å². The third kappa shape index (κ3) is 5.42. The van der Waals surface area contributed by atoms with Crippen molar-refractivity contribution in [2.45, 2.75) is 56.1 Å². The third-order valence-corrected chi connectivity index (χ3v) is 9.41. The molecular formula is C26H25F4N3O5S. The molecule has 3 amide bonds. The molecule has 39 heavy (non-hydrogen) atoms. The molecule has 1 N–H and O–H groups in total. The van der Waals surface area contributed by atoms with Crippen LogP contribution in [0.3, 0.4) is 0 Å². The highest BCUT2D eigenvalue weighted by Crippen LogP contribution is 2.36. The quantitative estimate of drug-likeness (QED) is 0.441. The summed E-state index contributed by atoms with van der Waals surface area (Å²) < 4.78 is 80.5. The molecule has 0 radical (unpaired) electrons. The fraction of sp³-hybridized carbons (Fsp3) is 0.423. The number of fused-ring (bicyclic) bond motifs is 1. The van der Waals surface area contributed by atoms with E-state index in [4.69, 9.17) is 0 Å². The number of hydrogen-bond acceptors (Lipinski definition) is 5. The molecule has 0 bridgehead atoms. The van der Waals surface area contributed by atoms with Crippen molar-refractivity contribution < 1.29 is 40.4 Å². The normalized spacial score (nSPS) is 21.3. The molecule has 0 aromatic heterocycles. The van der Waals surface area contributed by atoms with Crippen molar-refractivity contribution >= 4 is 27.7 Å². The van der Waals surface area contributed by atoms with Crippen LogP contribution in [-0.2, 0) is 38.1 Å². The fourth-order valence-electron chi connectivity index (χ4n) is 5.46. The molecule has 2 saturated heterocycles. The smallest absolute Gasteiger partial charge is 0.322 e. The lowest BCUT2D eigenvalue weighted by Crippen LogP contribution is -2.52. The number of halogens is 4. The topological polar surface area (TPSA) is 104 Å². The van der Waals surface area contributed by atoms with Crippen LogP contribution >= 0.6 is 0 Å². The van der Waals surface area contributed by atoms with Gasteiger partial charge in [-0.1, -0.05) is 18.2 Å². The predicted molar refractivity (Wildman–Crippen MR) is 130 cm³/mol. The van der Waals surface area contributed by atoms with Crippen molar-refractivity contribution in [1.82, 2.24) is 14.5 Å². The van der Waals surface area contributed by atoms with E-state index < -0.39 is 57.1 Å². The van der Waals surface area contributed by atoms with Crippen LogP contribution in [0.4, 0.5) is 17.6 Å². The molecule has 13 heteroatoms. The van der Waals surface area contributed by atoms with E-state index in [0.29, 0.717) is 24.0 Å². The number of rotatable bonds is 5. The summed E-state index contributed by atoms with van der Waals surface area (Å²) in [5.74, 6) is -2.76. The number of imide groups is 1. The second-order valence-corrected chi connectivity index (χ2v) is 12.0. The Labute approximate surface area is 222 Å². The van der Waals surface area contributed by atoms with Gasteiger partial charge in [0.15, 0.2) is 0 Å². The lowest BCUT2D eigenvalue weighted by Gasteiger charge is -2.31. The number of carbonyl (C=O) groups excluding carboxylic acids is 3. The van der Waals surface area contributed by atoms with Crippen LogP contribution in [-0.4, -0.2) is 54.5 Å². The molecule has 1 atom stereocenters. The minimum absolute atomic E-state index is 0.105. The van der Waals surface area contributed by atoms with Gasteiger partial charge in [0.2, 0.25) is 21.8 Å². The maximum Gasteiger partial charge on any atom is 0.416 e. The molecule has 2 fully saturated rings. The van der Waals surface area contributed by atoms with Gasteiger partial charge in [-0.25, -0.2) is 17.1 Å². The van der Waals surface area contributed by atoms with Gasteiger partial charge in [-0.3, -0.25) is 19.7 Å². The lowest BCUT2D eigenvalue weighted by molar-refractivity contribution is -0.138. The molecule has 1 unspecified atom stereocenters. The Hall–Kier alpha value is -3.32. The van der Waals surface area contributed by atoms with Crippen molar-refractivity contribution in [2.75, 3.05) is 13.1 Å². The summed E-state index contributed by atoms with van der Waals surface area (Å²) in [6, 6.07) is 5.93. The van der Waals surface area contributed by atoms with E-state index in [9.17, 15) is 36.0 Å². The second kappa shape index (κ2) is 10.0. The summed E-state index contributed by atoms with van der Waals surface area (Å²) in [5, 5.41) is 2.22. The summed E-state index contributed by atoms with van der Waals surface area (Å²) >= 11 is 0. The summed E-state index contributed by atoms with van der Waals surface area (Å²) in [6.07, 6.45) is -3.56. The van der Waals surface area contributed by atoms with Crippen molar-refractivity contribution in [3.63, 3.8) is 0 Å². The van der Waals surface area contributed by atoms with Gasteiger partial charge in [0.1, 0.15) is 11.9 Å². The molecule has 2 aromatic rings. The average Bonchev–Trinajstić information content (AvgIpc) is 3.18. The van der Waals surface area contributed by atoms with E-state index in [2.05, 4.69) is 5.32 Å². The SMILES string of the molecule is O=C1CCC(N2Cc3cc(C4CCN(S(=O)(=O)Cc5ccc(C(F)(F)F)cc5)CC4)c(F)cc3C2=O)C(=O)N1. The van der Waals surface area contributed by atoms with Crippen LogP contribution in [0.2, 0.25) is 0 Å². The van der Waals surface area contributed by atoms with Crippen molar-refractivity contribution in [2.24, 2.45) is 0 Å². The molecule has 0 spiro atoms. The zero-order valence-corrected chi connectivity index (χ0v) is 21.4. The van der Waals surface area contributed by atoms with Gasteiger partial charge >= 0.3 is 6.18 Å². The summed E-state index contributed by atoms with van der Waals surface area (Å²) in [6.45, 7) is 0.338. The first-order valence-corrected chi connectivity index (χ1v) is 14.1. The first kappa shape index (κ1) is 27.3. The van der Waals surface area contributed by atoms with Crippen LogP contribution in [0.5, 0.6) is 0 Å². The first-order valence-electron chi connectivity index (χ1n) is 12.4. The van der Waals surface area contributed by atoms with Gasteiger partial charge in [0.25, 0.3) is 5.91 Å². The monoisotopic (exact) mass is 567 g/mol. The van der Waals surface area contributed by atoms with E-state index in [-0.39, 0.29) is 49.5 Å². The summed E-state index contributed by atoms with van der Waals surface area (Å²) in [4.78, 5) is 37.9. The van der Waals surface area contributed by atoms with Crippen LogP contribution in [0, 0.1) is 5.82 Å². The molecule has 5 rings (SSSR count). The Kier molecular flexibility index (Phi) is 7.00. The maximum atomic E-state index is 15.1. The summed E-state index contributed by atoms with van der Waals surface area (Å²) in [7, 11) is -3.80. The van der Waals surface area contributed by atoms with Gasteiger partial charge < -0.3 is 4.90 Å². The molecule has 0 saturated carbocycles. The molecule has 3 aliphatic heterocycles. The average molecular weight is 568 g/mol. The zero-order valence-electron chi connectivity index (χ0n) is 20.6. The molecule has 0 aliphatic carbocycles. The number of piperidine rings is 2. The fourth-order valence-corrected chi connectivity index (χ4v) is 7.02. The van der Waals surface area contributed by atoms with Crippen molar-refractivity contribution in [3.05, 3.63) is 70.0 Å². The number of benzene rings is 2. The van der Waals surface area contributed by atoms with Crippen molar-refractivity contribution in [3.8, 4) is 0 Å². The number of alkyl halides is 3. The predicted octanol–water partition coefficient (Wildman–Crippen LogP) is 3.31. The first-order chi connectivity index (χ1) is 18.3. The Bertz CT molecular complexity index is 1430. The third-order valence-electron chi connectivity index (χ3n) is 7.56. The number of hydrogen-bond donors (Lipinski definition) is 1. The van der Waals surface area contributed by atoms with Crippen LogP contribution in [0.1, 0.15) is 64.2 Å². The Morgan fingerprint density at radius 2 is 1.64 bits per heavy atom. The number of sulfonamides is 1. The second-order valence-electron chi connectivity index (χ2n) is 10.1. The van der Waals surface area contributed by atoms with Gasteiger partial charge in [-0.2, -0.15) is 13.2 Å². The van der Waals surface area contributed by atoms with E-state index in [1.165, 1.54) is 9.21 Å². The molecule has 208 valence electrons. The number of carbonyl (C=O) groups is 3. The number of nitrogens with one attached hydrogen (secondary N) is 1. The van der Waals surface area contributed by atoms with Crippen LogP contribution in [0.15, 0.2) is 36.4 Å². The molecule has 8 nitrogen and oxygen atoms in total. The maximum absolute atomic E-state index is 15.1. The Balaban J connectivity index is 1.24. The van der Waals surface area contributed by atoms with E-state index >= 15 is 4.39 Å². The highest BCUT2D eigenvalue weighted by atomic mass is 32.2.